The van der Waals surface area contributed by atoms with E-state index in [9.17, 15) is 83.8 Å². The predicted octanol–water partition coefficient (Wildman–Crippen LogP) is 12.7. The van der Waals surface area contributed by atoms with Gasteiger partial charge in [0.15, 0.2) is 69.8 Å². The highest BCUT2D eigenvalue weighted by atomic mass is 31.2. The summed E-state index contributed by atoms with van der Waals surface area (Å²) in [4.78, 5) is 13.6. The first-order chi connectivity index (χ1) is 37.7. The van der Waals surface area contributed by atoms with E-state index >= 15 is 35.1 Å². The summed E-state index contributed by atoms with van der Waals surface area (Å²) >= 11 is 0. The SMILES string of the molecule is Fc1c(F)c(F)c([B-](c2c(F)c(F)c(F)c(F)c2F)(c2c(F)c(F)c(F)c(F)c2F)c2c(F)c(F)c(F)c(F)c2F)c(F)c1F.O=C(C[P+](c1ccccc1)(c1ccccc1)c1ccccc1)c1cc(C(F)(F)F)cc(C(F)(F)F)c1. The molecule has 0 aliphatic heterocycles. The molecule has 0 bridgehead atoms. The van der Waals surface area contributed by atoms with Crippen LogP contribution < -0.4 is 37.8 Å². The topological polar surface area (TPSA) is 17.1 Å². The quantitative estimate of drug-likeness (QED) is 0.0333. The Morgan fingerprint density at radius 1 is 0.309 bits per heavy atom. The third kappa shape index (κ3) is 10.1. The van der Waals surface area contributed by atoms with Crippen molar-refractivity contribution in [2.75, 3.05) is 6.16 Å². The Morgan fingerprint density at radius 2 is 0.506 bits per heavy atom. The zero-order valence-corrected chi connectivity index (χ0v) is 39.8. The summed E-state index contributed by atoms with van der Waals surface area (Å²) < 4.78 is 375. The molecule has 0 aliphatic rings. The molecule has 0 atom stereocenters. The lowest BCUT2D eigenvalue weighted by Gasteiger charge is -2.44. The van der Waals surface area contributed by atoms with Crippen LogP contribution in [0.2, 0.25) is 0 Å². The van der Waals surface area contributed by atoms with E-state index in [0.29, 0.717) is 12.1 Å². The monoisotopic (exact) mass is 1200 g/mol. The number of ketones is 1. The molecule has 1 nitrogen and oxygen atoms in total. The Morgan fingerprint density at radius 3 is 0.704 bits per heavy atom. The van der Waals surface area contributed by atoms with Crippen LogP contribution in [0.15, 0.2) is 109 Å². The van der Waals surface area contributed by atoms with E-state index in [2.05, 4.69) is 0 Å². The molecule has 0 aliphatic carbocycles. The predicted molar refractivity (Wildman–Crippen MR) is 240 cm³/mol. The van der Waals surface area contributed by atoms with Gasteiger partial charge in [-0.15, -0.1) is 21.9 Å². The molecule has 0 fully saturated rings. The lowest BCUT2D eigenvalue weighted by molar-refractivity contribution is -0.143. The molecule has 8 aromatic carbocycles. The highest BCUT2D eigenvalue weighted by molar-refractivity contribution is 7.96. The zero-order valence-electron chi connectivity index (χ0n) is 38.9. The van der Waals surface area contributed by atoms with E-state index in [0.717, 1.165) is 15.9 Å². The van der Waals surface area contributed by atoms with Gasteiger partial charge in [0.2, 0.25) is 5.78 Å². The molecular formula is C52H20BF26OP. The van der Waals surface area contributed by atoms with Crippen LogP contribution in [0.5, 0.6) is 0 Å². The number of rotatable bonds is 10. The Bertz CT molecular complexity index is 3270. The summed E-state index contributed by atoms with van der Waals surface area (Å²) in [6.45, 7) is 0. The van der Waals surface area contributed by atoms with Crippen molar-refractivity contribution in [1.29, 1.82) is 0 Å². The van der Waals surface area contributed by atoms with Crippen LogP contribution in [0.4, 0.5) is 114 Å². The number of halogens is 26. The van der Waals surface area contributed by atoms with Gasteiger partial charge >= 0.3 is 12.4 Å². The molecule has 8 rings (SSSR count). The summed E-state index contributed by atoms with van der Waals surface area (Å²) in [7, 11) is -2.80. The summed E-state index contributed by atoms with van der Waals surface area (Å²) in [6, 6.07) is 28.3. The fourth-order valence-corrected chi connectivity index (χ4v) is 13.2. The van der Waals surface area contributed by atoms with E-state index in [1.165, 1.54) is 0 Å². The molecule has 0 radical (unpaired) electrons. The Kier molecular flexibility index (Phi) is 16.7. The largest absolute Gasteiger partial charge is 0.416 e. The van der Waals surface area contributed by atoms with Crippen molar-refractivity contribution in [3.8, 4) is 0 Å². The van der Waals surface area contributed by atoms with Gasteiger partial charge in [0.1, 0.15) is 82.0 Å². The Balaban J connectivity index is 0.000000239. The van der Waals surface area contributed by atoms with Crippen molar-refractivity contribution in [1.82, 2.24) is 0 Å². The lowest BCUT2D eigenvalue weighted by atomic mass is 9.12. The minimum atomic E-state index is -7.22. The first-order valence-corrected chi connectivity index (χ1v) is 23.8. The second-order valence-corrected chi connectivity index (χ2v) is 20.5. The molecule has 0 N–H and O–H groups in total. The smallest absolute Gasteiger partial charge is 0.290 e. The van der Waals surface area contributed by atoms with E-state index in [4.69, 9.17) is 0 Å². The second-order valence-electron chi connectivity index (χ2n) is 17.0. The fraction of sp³-hybridized carbons (Fsp3) is 0.0577. The number of Topliss-reactive ketones (excluding diaryl/α,β-unsaturated/α-hetero) is 1. The second kappa shape index (κ2) is 22.2. The molecule has 0 saturated heterocycles. The highest BCUT2D eigenvalue weighted by Crippen LogP contribution is 2.56. The Hall–Kier alpha value is -7.90. The van der Waals surface area contributed by atoms with Crippen LogP contribution in [0.1, 0.15) is 21.5 Å². The van der Waals surface area contributed by atoms with Gasteiger partial charge in [-0.2, -0.15) is 26.3 Å². The molecule has 81 heavy (non-hydrogen) atoms. The summed E-state index contributed by atoms with van der Waals surface area (Å²) in [5.74, 6) is -72.2. The molecule has 0 amide bonds. The van der Waals surface area contributed by atoms with E-state index in [1.54, 1.807) is 54.6 Å². The number of carbonyl (C=O) groups is 1. The first-order valence-electron chi connectivity index (χ1n) is 21.8. The van der Waals surface area contributed by atoms with Gasteiger partial charge in [0, 0.05) is 5.56 Å². The average molecular weight is 1200 g/mol. The molecule has 0 unspecified atom stereocenters. The van der Waals surface area contributed by atoms with Gasteiger partial charge in [0.25, 0.3) is 0 Å². The maximum atomic E-state index is 15.4. The van der Waals surface area contributed by atoms with E-state index in [1.807, 2.05) is 36.4 Å². The molecule has 0 aromatic heterocycles. The van der Waals surface area contributed by atoms with Crippen LogP contribution in [0, 0.1) is 116 Å². The average Bonchev–Trinajstić information content (AvgIpc) is 3.57. The van der Waals surface area contributed by atoms with Gasteiger partial charge in [-0.25, -0.2) is 87.8 Å². The van der Waals surface area contributed by atoms with Crippen LogP contribution >= 0.6 is 7.26 Å². The minimum absolute atomic E-state index is 0.0325. The summed E-state index contributed by atoms with van der Waals surface area (Å²) in [6.07, 6.45) is -17.6. The number of carbonyl (C=O) groups excluding carboxylic acids is 1. The number of hydrogen-bond donors (Lipinski definition) is 0. The molecule has 29 heteroatoms. The third-order valence-electron chi connectivity index (χ3n) is 12.6. The Labute approximate surface area is 436 Å². The van der Waals surface area contributed by atoms with Gasteiger partial charge in [-0.3, -0.25) is 4.79 Å². The summed E-state index contributed by atoms with van der Waals surface area (Å²) in [5.41, 5.74) is -18.0. The van der Waals surface area contributed by atoms with E-state index in [-0.39, 0.29) is 12.2 Å². The molecule has 424 valence electrons. The van der Waals surface area contributed by atoms with Crippen LogP contribution in [0.3, 0.4) is 0 Å². The van der Waals surface area contributed by atoms with Crippen molar-refractivity contribution >= 4 is 57.0 Å². The van der Waals surface area contributed by atoms with Crippen LogP contribution in [-0.2, 0) is 12.4 Å². The number of alkyl halides is 6. The molecule has 0 spiro atoms. The number of benzene rings is 8. The standard InChI is InChI=1S/C28H20F6OP.C24BF20/c29-27(30,31)21-16-20(17-22(18-21)28(32,33)34)26(35)19-36(23-10-4-1-5-11-23,24-12-6-2-7-13-24)25-14-8-3-9-15-25;26-5-1(6(27)14(35)21(42)13(5)34)25(2-7(28)15(36)22(43)16(37)8(2)29,3-9(30)17(38)23(44)18(39)10(3)31)4-11(32)19(40)24(45)20(41)12(4)33/h1-18H,19H2;/q+1;-1. The first kappa shape index (κ1) is 60.7. The van der Waals surface area contributed by atoms with Crippen LogP contribution in [0.25, 0.3) is 0 Å². The number of hydrogen-bond acceptors (Lipinski definition) is 1. The van der Waals surface area contributed by atoms with Crippen molar-refractivity contribution in [2.45, 2.75) is 12.4 Å². The third-order valence-corrected chi connectivity index (χ3v) is 16.9. The molecule has 0 heterocycles. The van der Waals surface area contributed by atoms with Gasteiger partial charge < -0.3 is 0 Å². The molecule has 8 aromatic rings. The van der Waals surface area contributed by atoms with Crippen molar-refractivity contribution < 1.29 is 119 Å². The van der Waals surface area contributed by atoms with Gasteiger partial charge in [-0.1, -0.05) is 54.6 Å². The van der Waals surface area contributed by atoms with Crippen molar-refractivity contribution in [2.24, 2.45) is 0 Å². The molecule has 0 saturated carbocycles. The normalized spacial score (nSPS) is 12.2. The molecular weight excluding hydrogens is 1180 g/mol. The minimum Gasteiger partial charge on any atom is -0.290 e. The van der Waals surface area contributed by atoms with Crippen LogP contribution in [-0.4, -0.2) is 18.1 Å². The highest BCUT2D eigenvalue weighted by Gasteiger charge is 2.53. The van der Waals surface area contributed by atoms with E-state index < -0.39 is 186 Å². The maximum absolute atomic E-state index is 15.4. The van der Waals surface area contributed by atoms with Gasteiger partial charge in [-0.05, 0) is 54.6 Å². The zero-order chi connectivity index (χ0) is 60.3. The maximum Gasteiger partial charge on any atom is 0.416 e. The fourth-order valence-electron chi connectivity index (χ4n) is 9.07. The lowest BCUT2D eigenvalue weighted by Crippen LogP contribution is -2.81. The van der Waals surface area contributed by atoms with Crippen molar-refractivity contribution in [3.63, 3.8) is 0 Å². The van der Waals surface area contributed by atoms with Crippen molar-refractivity contribution in [3.05, 3.63) is 242 Å². The summed E-state index contributed by atoms with van der Waals surface area (Å²) in [5, 5.41) is 2.37. The van der Waals surface area contributed by atoms with Gasteiger partial charge in [0.05, 0.1) is 11.1 Å².